The summed E-state index contributed by atoms with van der Waals surface area (Å²) >= 11 is 0. The van der Waals surface area contributed by atoms with Crippen LogP contribution in [0.2, 0.25) is 0 Å². The smallest absolute Gasteiger partial charge is 0.119 e. The summed E-state index contributed by atoms with van der Waals surface area (Å²) in [6.45, 7) is 2.71. The van der Waals surface area contributed by atoms with Crippen LogP contribution in [0, 0.1) is 0 Å². The number of para-hydroxylation sites is 1. The molecule has 0 saturated carbocycles. The van der Waals surface area contributed by atoms with E-state index in [9.17, 15) is 0 Å². The van der Waals surface area contributed by atoms with Crippen molar-refractivity contribution in [3.05, 3.63) is 78.3 Å². The van der Waals surface area contributed by atoms with E-state index in [1.54, 1.807) is 11.9 Å². The van der Waals surface area contributed by atoms with E-state index >= 15 is 0 Å². The van der Waals surface area contributed by atoms with Gasteiger partial charge in [-0.2, -0.15) is 15.0 Å². The van der Waals surface area contributed by atoms with Gasteiger partial charge in [0.2, 0.25) is 0 Å². The quantitative estimate of drug-likeness (QED) is 0.563. The predicted octanol–water partition coefficient (Wildman–Crippen LogP) is 4.05. The first-order valence-corrected chi connectivity index (χ1v) is 9.84. The maximum absolute atomic E-state index is 5.39. The number of H-pyrrole nitrogens is 1. The number of rotatable bonds is 5. The predicted molar refractivity (Wildman–Crippen MR) is 114 cm³/mol. The molecule has 0 fully saturated rings. The van der Waals surface area contributed by atoms with Crippen molar-refractivity contribution >= 4 is 16.5 Å². The third kappa shape index (κ3) is 3.54. The van der Waals surface area contributed by atoms with Gasteiger partial charge in [-0.25, -0.2) is 0 Å². The number of fused-ring (bicyclic) bond motifs is 1. The highest BCUT2D eigenvalue weighted by Gasteiger charge is 2.17. The van der Waals surface area contributed by atoms with Crippen molar-refractivity contribution in [3.63, 3.8) is 0 Å². The Labute approximate surface area is 169 Å². The third-order valence-corrected chi connectivity index (χ3v) is 5.44. The van der Waals surface area contributed by atoms with Crippen LogP contribution < -0.4 is 4.74 Å². The molecule has 4 aromatic rings. The Kier molecular flexibility index (Phi) is 4.62. The van der Waals surface area contributed by atoms with E-state index in [0.717, 1.165) is 48.7 Å². The van der Waals surface area contributed by atoms with Gasteiger partial charge in [0, 0.05) is 42.3 Å². The Bertz CT molecular complexity index is 1160. The van der Waals surface area contributed by atoms with Gasteiger partial charge in [-0.15, -0.1) is 0 Å². The van der Waals surface area contributed by atoms with Crippen LogP contribution in [0.4, 0.5) is 0 Å². The largest absolute Gasteiger partial charge is 0.497 e. The Hall–Kier alpha value is -3.38. The average molecular weight is 385 g/mol. The minimum Gasteiger partial charge on any atom is -0.497 e. The van der Waals surface area contributed by atoms with Crippen LogP contribution in [0.5, 0.6) is 5.75 Å². The van der Waals surface area contributed by atoms with Crippen molar-refractivity contribution in [2.45, 2.75) is 13.0 Å². The van der Waals surface area contributed by atoms with E-state index in [1.165, 1.54) is 16.5 Å². The van der Waals surface area contributed by atoms with Crippen LogP contribution in [0.3, 0.4) is 0 Å². The molecular formula is C23H23N5O. The maximum Gasteiger partial charge on any atom is 0.119 e. The number of nitrogens with zero attached hydrogens (tertiary/aromatic N) is 4. The zero-order chi connectivity index (χ0) is 19.6. The number of aromatic amines is 1. The highest BCUT2D eigenvalue weighted by molar-refractivity contribution is 5.93. The molecule has 1 aliphatic rings. The molecule has 6 heteroatoms. The van der Waals surface area contributed by atoms with Gasteiger partial charge in [0.25, 0.3) is 0 Å². The number of hydrogen-bond donors (Lipinski definition) is 1. The second-order valence-electron chi connectivity index (χ2n) is 7.29. The van der Waals surface area contributed by atoms with Gasteiger partial charge in [-0.1, -0.05) is 24.3 Å². The molecule has 2 aromatic carbocycles. The monoisotopic (exact) mass is 385 g/mol. The second kappa shape index (κ2) is 7.56. The summed E-state index contributed by atoms with van der Waals surface area (Å²) in [5, 5.41) is 10.3. The molecule has 0 saturated heterocycles. The molecule has 0 radical (unpaired) electrons. The van der Waals surface area contributed by atoms with Crippen LogP contribution in [0.25, 0.3) is 22.2 Å². The molecule has 0 aliphatic carbocycles. The molecular weight excluding hydrogens is 362 g/mol. The first kappa shape index (κ1) is 17.7. The van der Waals surface area contributed by atoms with Crippen molar-refractivity contribution in [2.75, 3.05) is 20.2 Å². The molecule has 146 valence electrons. The van der Waals surface area contributed by atoms with Crippen molar-refractivity contribution in [2.24, 2.45) is 0 Å². The lowest BCUT2D eigenvalue weighted by Crippen LogP contribution is -2.28. The van der Waals surface area contributed by atoms with E-state index in [1.807, 2.05) is 42.6 Å². The van der Waals surface area contributed by atoms with Crippen molar-refractivity contribution in [1.29, 1.82) is 0 Å². The molecule has 1 aliphatic heterocycles. The fourth-order valence-corrected chi connectivity index (χ4v) is 3.87. The Morgan fingerprint density at radius 2 is 2.03 bits per heavy atom. The van der Waals surface area contributed by atoms with Gasteiger partial charge in [-0.05, 0) is 42.3 Å². The minimum absolute atomic E-state index is 0.804. The van der Waals surface area contributed by atoms with Crippen LogP contribution in [0.1, 0.15) is 17.7 Å². The summed E-state index contributed by atoms with van der Waals surface area (Å²) in [6.07, 6.45) is 7.30. The molecule has 1 N–H and O–H groups in total. The Morgan fingerprint density at radius 1 is 1.14 bits per heavy atom. The highest BCUT2D eigenvalue weighted by Crippen LogP contribution is 2.31. The maximum atomic E-state index is 5.39. The van der Waals surface area contributed by atoms with E-state index in [4.69, 9.17) is 4.74 Å². The van der Waals surface area contributed by atoms with Gasteiger partial charge in [-0.3, -0.25) is 4.90 Å². The minimum atomic E-state index is 0.804. The summed E-state index contributed by atoms with van der Waals surface area (Å²) in [7, 11) is 1.71. The van der Waals surface area contributed by atoms with Crippen LogP contribution in [-0.4, -0.2) is 45.1 Å². The molecule has 6 nitrogen and oxygen atoms in total. The number of benzene rings is 2. The topological polar surface area (TPSA) is 59.0 Å². The number of methoxy groups -OCH3 is 1. The van der Waals surface area contributed by atoms with Crippen molar-refractivity contribution in [1.82, 2.24) is 24.9 Å². The zero-order valence-electron chi connectivity index (χ0n) is 16.4. The summed E-state index contributed by atoms with van der Waals surface area (Å²) in [5.74, 6) is 0.887. The van der Waals surface area contributed by atoms with Crippen LogP contribution in [0.15, 0.2) is 67.0 Å². The summed E-state index contributed by atoms with van der Waals surface area (Å²) < 4.78 is 5.39. The summed E-state index contributed by atoms with van der Waals surface area (Å²) in [5.41, 5.74) is 5.76. The second-order valence-corrected chi connectivity index (χ2v) is 7.29. The van der Waals surface area contributed by atoms with E-state index in [0.29, 0.717) is 0 Å². The van der Waals surface area contributed by atoms with Gasteiger partial charge in [0.15, 0.2) is 0 Å². The zero-order valence-corrected chi connectivity index (χ0v) is 16.4. The third-order valence-electron chi connectivity index (χ3n) is 5.44. The standard InChI is InChI=1S/C23H23N5O/c1-29-20-7-8-23-21(13-20)22(15-24-23)17-9-11-27(12-10-17)16-18-14-25-28(26-18)19-5-3-2-4-6-19/h2-9,13-15,24H,10-12,16H2,1H3. The van der Waals surface area contributed by atoms with Crippen LogP contribution >= 0.6 is 0 Å². The van der Waals surface area contributed by atoms with Gasteiger partial charge in [0.1, 0.15) is 5.75 Å². The number of nitrogens with one attached hydrogen (secondary N) is 1. The average Bonchev–Trinajstić information content (AvgIpc) is 3.42. The normalized spacial score (nSPS) is 14.9. The van der Waals surface area contributed by atoms with Gasteiger partial charge in [0.05, 0.1) is 24.7 Å². The van der Waals surface area contributed by atoms with E-state index in [2.05, 4.69) is 44.5 Å². The molecule has 0 amide bonds. The Morgan fingerprint density at radius 3 is 2.83 bits per heavy atom. The molecule has 2 aromatic heterocycles. The lowest BCUT2D eigenvalue weighted by Gasteiger charge is -2.25. The lowest BCUT2D eigenvalue weighted by atomic mass is 9.98. The van der Waals surface area contributed by atoms with Crippen molar-refractivity contribution < 1.29 is 4.74 Å². The van der Waals surface area contributed by atoms with E-state index < -0.39 is 0 Å². The lowest BCUT2D eigenvalue weighted by molar-refractivity contribution is 0.290. The van der Waals surface area contributed by atoms with Crippen molar-refractivity contribution in [3.8, 4) is 11.4 Å². The fraction of sp³-hybridized carbons (Fsp3) is 0.217. The number of aromatic nitrogens is 4. The SMILES string of the molecule is COc1ccc2[nH]cc(C3=CCN(Cc4cnn(-c5ccccc5)n4)CC3)c2c1. The molecule has 0 unspecified atom stereocenters. The first-order chi connectivity index (χ1) is 14.3. The summed E-state index contributed by atoms with van der Waals surface area (Å²) in [6, 6.07) is 16.2. The van der Waals surface area contributed by atoms with Gasteiger partial charge >= 0.3 is 0 Å². The molecule has 0 spiro atoms. The fourth-order valence-electron chi connectivity index (χ4n) is 3.87. The summed E-state index contributed by atoms with van der Waals surface area (Å²) in [4.78, 5) is 7.47. The first-order valence-electron chi connectivity index (χ1n) is 9.84. The molecule has 29 heavy (non-hydrogen) atoms. The number of hydrogen-bond acceptors (Lipinski definition) is 4. The Balaban J connectivity index is 1.30. The van der Waals surface area contributed by atoms with Crippen LogP contribution in [-0.2, 0) is 6.54 Å². The van der Waals surface area contributed by atoms with E-state index in [-0.39, 0.29) is 0 Å². The molecule has 0 atom stereocenters. The molecule has 5 rings (SSSR count). The molecule has 3 heterocycles. The highest BCUT2D eigenvalue weighted by atomic mass is 16.5. The number of ether oxygens (including phenoxy) is 1. The molecule has 0 bridgehead atoms. The van der Waals surface area contributed by atoms with Gasteiger partial charge < -0.3 is 9.72 Å².